The third-order valence-electron chi connectivity index (χ3n) is 7.10. The van der Waals surface area contributed by atoms with Crippen LogP contribution in [0, 0.1) is 0 Å². The van der Waals surface area contributed by atoms with Gasteiger partial charge in [0.1, 0.15) is 35.2 Å². The van der Waals surface area contributed by atoms with Crippen molar-refractivity contribution in [3.8, 4) is 17.0 Å². The van der Waals surface area contributed by atoms with E-state index in [1.165, 1.54) is 28.4 Å². The first-order valence-corrected chi connectivity index (χ1v) is 16.0. The highest BCUT2D eigenvalue weighted by Crippen LogP contribution is 2.41. The lowest BCUT2D eigenvalue weighted by Crippen LogP contribution is -2.70. The number of rotatable bonds is 11. The van der Waals surface area contributed by atoms with Crippen LogP contribution in [0.4, 0.5) is 0 Å². The molecule has 1 N–H and O–H groups in total. The predicted octanol–water partition coefficient (Wildman–Crippen LogP) is 4.95. The Hall–Kier alpha value is -4.81. The maximum atomic E-state index is 13.6. The van der Waals surface area contributed by atoms with Gasteiger partial charge in [-0.2, -0.15) is 0 Å². The number of hydrogen-bond acceptors (Lipinski definition) is 10. The summed E-state index contributed by atoms with van der Waals surface area (Å²) in [5.74, 6) is 0.488. The van der Waals surface area contributed by atoms with Gasteiger partial charge in [-0.05, 0) is 53.6 Å². The van der Waals surface area contributed by atoms with Crippen molar-refractivity contribution < 1.29 is 28.4 Å². The van der Waals surface area contributed by atoms with Crippen molar-refractivity contribution >= 4 is 47.4 Å². The summed E-state index contributed by atoms with van der Waals surface area (Å²) in [6.07, 6.45) is 6.78. The van der Waals surface area contributed by atoms with Crippen LogP contribution in [0.1, 0.15) is 11.3 Å². The number of carbonyl (C=O) groups excluding carboxylic acids is 3. The second-order valence-electron chi connectivity index (χ2n) is 10.0. The van der Waals surface area contributed by atoms with E-state index in [0.29, 0.717) is 28.5 Å². The van der Waals surface area contributed by atoms with E-state index in [1.54, 1.807) is 62.0 Å². The molecule has 2 aromatic carbocycles. The number of pyridine rings is 1. The second-order valence-corrected chi connectivity index (χ2v) is 12.2. The molecule has 12 heteroatoms. The Morgan fingerprint density at radius 2 is 1.87 bits per heavy atom. The average molecular weight is 641 g/mol. The molecule has 0 bridgehead atoms. The minimum atomic E-state index is -0.744. The number of thioether (sulfide) groups is 2. The standard InChI is InChI=1S/C33H28N4O6S2/c1-41-24-10-7-21(8-11-24)18-42-33(40)30-23(9-12-25-17-27(36-43-25)22-13-15-34-16-14-22)19-45-32-29(31(39)37(30)32)35-28(38)20-44-26-5-3-2-4-6-26/h2-17,29,32H,18-20H2,1H3,(H,35,38)/b12-9+/t29-,32?/m1/s1. The van der Waals surface area contributed by atoms with Crippen molar-refractivity contribution in [1.29, 1.82) is 0 Å². The summed E-state index contributed by atoms with van der Waals surface area (Å²) in [5.41, 5.74) is 3.00. The molecular formula is C33H28N4O6S2. The van der Waals surface area contributed by atoms with Crippen LogP contribution in [0.15, 0.2) is 112 Å². The Balaban J connectivity index is 1.19. The third-order valence-corrected chi connectivity index (χ3v) is 9.42. The molecule has 1 saturated heterocycles. The number of benzene rings is 2. The van der Waals surface area contributed by atoms with E-state index in [-0.39, 0.29) is 29.9 Å². The fraction of sp³-hybridized carbons (Fsp3) is 0.182. The number of amides is 2. The SMILES string of the molecule is COc1ccc(COC(=O)C2=C(/C=C/c3cc(-c4ccncc4)no3)CSC3[C@H](NC(=O)CSc4ccccc4)C(=O)N23)cc1. The Morgan fingerprint density at radius 1 is 1.09 bits per heavy atom. The summed E-state index contributed by atoms with van der Waals surface area (Å²) >= 11 is 2.86. The van der Waals surface area contributed by atoms with E-state index in [0.717, 1.165) is 16.0 Å². The smallest absolute Gasteiger partial charge is 0.355 e. The quantitative estimate of drug-likeness (QED) is 0.137. The minimum absolute atomic E-state index is 0.0113. The van der Waals surface area contributed by atoms with Crippen LogP contribution in [0.5, 0.6) is 5.75 Å². The zero-order chi connectivity index (χ0) is 31.2. The fourth-order valence-corrected chi connectivity index (χ4v) is 6.84. The molecule has 2 aromatic heterocycles. The van der Waals surface area contributed by atoms with Crippen LogP contribution in [0.3, 0.4) is 0 Å². The van der Waals surface area contributed by atoms with Gasteiger partial charge in [0.05, 0.1) is 12.9 Å². The first kappa shape index (κ1) is 30.2. The van der Waals surface area contributed by atoms with Gasteiger partial charge in [0.2, 0.25) is 5.91 Å². The number of fused-ring (bicyclic) bond motifs is 1. The Kier molecular flexibility index (Phi) is 9.32. The first-order chi connectivity index (χ1) is 22.0. The molecule has 1 unspecified atom stereocenters. The molecule has 0 radical (unpaired) electrons. The van der Waals surface area contributed by atoms with Gasteiger partial charge in [-0.3, -0.25) is 19.5 Å². The Bertz CT molecular complexity index is 1740. The van der Waals surface area contributed by atoms with E-state index in [1.807, 2.05) is 42.5 Å². The van der Waals surface area contributed by atoms with Crippen molar-refractivity contribution in [3.63, 3.8) is 0 Å². The summed E-state index contributed by atoms with van der Waals surface area (Å²) < 4.78 is 16.4. The molecule has 2 amide bonds. The molecular weight excluding hydrogens is 613 g/mol. The third kappa shape index (κ3) is 6.97. The molecule has 10 nitrogen and oxygen atoms in total. The summed E-state index contributed by atoms with van der Waals surface area (Å²) in [4.78, 5) is 46.1. The lowest BCUT2D eigenvalue weighted by molar-refractivity contribution is -0.153. The van der Waals surface area contributed by atoms with Crippen molar-refractivity contribution in [1.82, 2.24) is 20.4 Å². The number of carbonyl (C=O) groups is 3. The van der Waals surface area contributed by atoms with Crippen LogP contribution in [0.25, 0.3) is 17.3 Å². The molecule has 1 fully saturated rings. The number of ether oxygens (including phenoxy) is 2. The predicted molar refractivity (Wildman–Crippen MR) is 171 cm³/mol. The van der Waals surface area contributed by atoms with E-state index in [2.05, 4.69) is 15.5 Å². The highest BCUT2D eigenvalue weighted by molar-refractivity contribution is 8.00. The largest absolute Gasteiger partial charge is 0.497 e. The van der Waals surface area contributed by atoms with E-state index >= 15 is 0 Å². The topological polar surface area (TPSA) is 124 Å². The van der Waals surface area contributed by atoms with Crippen LogP contribution in [0.2, 0.25) is 0 Å². The van der Waals surface area contributed by atoms with Crippen molar-refractivity contribution in [2.24, 2.45) is 0 Å². The molecule has 4 aromatic rings. The van der Waals surface area contributed by atoms with Gasteiger partial charge in [-0.15, -0.1) is 23.5 Å². The summed E-state index contributed by atoms with van der Waals surface area (Å²) in [6.45, 7) is 0.0113. The normalized spacial score (nSPS) is 17.5. The molecule has 2 atom stereocenters. The van der Waals surface area contributed by atoms with Crippen molar-refractivity contribution in [3.05, 3.63) is 114 Å². The lowest BCUT2D eigenvalue weighted by atomic mass is 10.0. The maximum absolute atomic E-state index is 13.6. The molecule has 6 rings (SSSR count). The number of methoxy groups -OCH3 is 1. The van der Waals surface area contributed by atoms with Gasteiger partial charge in [0, 0.05) is 34.7 Å². The molecule has 0 saturated carbocycles. The fourth-order valence-electron chi connectivity index (χ4n) is 4.79. The van der Waals surface area contributed by atoms with Crippen LogP contribution in [-0.4, -0.2) is 62.9 Å². The number of hydrogen-bond donors (Lipinski definition) is 1. The summed E-state index contributed by atoms with van der Waals surface area (Å²) in [7, 11) is 1.58. The number of allylic oxidation sites excluding steroid dienone is 1. The minimum Gasteiger partial charge on any atom is -0.497 e. The second kappa shape index (κ2) is 13.9. The summed E-state index contributed by atoms with van der Waals surface area (Å²) in [6, 6.07) is 21.4. The van der Waals surface area contributed by atoms with Crippen LogP contribution in [-0.2, 0) is 25.7 Å². The van der Waals surface area contributed by atoms with Gasteiger partial charge in [0.25, 0.3) is 5.91 Å². The van der Waals surface area contributed by atoms with Gasteiger partial charge < -0.3 is 19.3 Å². The number of aromatic nitrogens is 2. The van der Waals surface area contributed by atoms with Gasteiger partial charge in [-0.1, -0.05) is 41.6 Å². The van der Waals surface area contributed by atoms with Crippen molar-refractivity contribution in [2.75, 3.05) is 18.6 Å². The van der Waals surface area contributed by atoms with Crippen molar-refractivity contribution in [2.45, 2.75) is 22.9 Å². The molecule has 2 aliphatic rings. The molecule has 2 aliphatic heterocycles. The average Bonchev–Trinajstić information content (AvgIpc) is 3.57. The molecule has 45 heavy (non-hydrogen) atoms. The van der Waals surface area contributed by atoms with Crippen LogP contribution < -0.4 is 10.1 Å². The summed E-state index contributed by atoms with van der Waals surface area (Å²) in [5, 5.41) is 6.53. The van der Waals surface area contributed by atoms with Gasteiger partial charge in [-0.25, -0.2) is 4.79 Å². The van der Waals surface area contributed by atoms with Crippen LogP contribution >= 0.6 is 23.5 Å². The van der Waals surface area contributed by atoms with E-state index in [9.17, 15) is 14.4 Å². The van der Waals surface area contributed by atoms with Gasteiger partial charge in [0.15, 0.2) is 5.76 Å². The number of nitrogens with one attached hydrogen (secondary N) is 1. The Morgan fingerprint density at radius 3 is 2.62 bits per heavy atom. The molecule has 0 spiro atoms. The number of esters is 1. The highest BCUT2D eigenvalue weighted by Gasteiger charge is 2.54. The number of β-lactam (4-membered cyclic amide) rings is 1. The lowest BCUT2D eigenvalue weighted by Gasteiger charge is -2.49. The number of nitrogens with zero attached hydrogens (tertiary/aromatic N) is 3. The van der Waals surface area contributed by atoms with E-state index in [4.69, 9.17) is 14.0 Å². The molecule has 228 valence electrons. The monoisotopic (exact) mass is 640 g/mol. The molecule has 0 aliphatic carbocycles. The first-order valence-electron chi connectivity index (χ1n) is 14.0. The van der Waals surface area contributed by atoms with E-state index < -0.39 is 17.4 Å². The zero-order valence-corrected chi connectivity index (χ0v) is 25.8. The molecule has 4 heterocycles. The maximum Gasteiger partial charge on any atom is 0.355 e. The zero-order valence-electron chi connectivity index (χ0n) is 24.1. The van der Waals surface area contributed by atoms with Gasteiger partial charge >= 0.3 is 5.97 Å². The Labute approximate surface area is 267 Å². The highest BCUT2D eigenvalue weighted by atomic mass is 32.2.